The summed E-state index contributed by atoms with van der Waals surface area (Å²) in [4.78, 5) is 94.2. The number of hydrogen-bond acceptors (Lipinski definition) is 17. The Kier molecular flexibility index (Phi) is 26.2. The van der Waals surface area contributed by atoms with Crippen molar-refractivity contribution in [3.05, 3.63) is 123 Å². The number of likely N-dealkylation sites (N-methyl/N-ethyl adjacent to an activating group) is 1. The van der Waals surface area contributed by atoms with Crippen LogP contribution < -0.4 is 47.9 Å². The van der Waals surface area contributed by atoms with E-state index < -0.39 is 47.7 Å². The van der Waals surface area contributed by atoms with Crippen molar-refractivity contribution >= 4 is 52.1 Å². The second-order valence-corrected chi connectivity index (χ2v) is 22.4. The third kappa shape index (κ3) is 21.2. The molecule has 6 amide bonds. The summed E-state index contributed by atoms with van der Waals surface area (Å²) < 4.78 is 45.9. The van der Waals surface area contributed by atoms with Crippen molar-refractivity contribution in [1.29, 1.82) is 0 Å². The fraction of sp³-hybridized carbons (Fsp3) is 0.516. The Balaban J connectivity index is 0.893. The summed E-state index contributed by atoms with van der Waals surface area (Å²) in [6.07, 6.45) is 9.18. The van der Waals surface area contributed by atoms with Gasteiger partial charge in [-0.2, -0.15) is 5.11 Å². The highest BCUT2D eigenvalue weighted by Gasteiger charge is 2.32. The van der Waals surface area contributed by atoms with Gasteiger partial charge in [-0.25, -0.2) is 14.0 Å². The van der Waals surface area contributed by atoms with Crippen molar-refractivity contribution in [2.75, 3.05) is 96.2 Å². The van der Waals surface area contributed by atoms with E-state index in [1.54, 1.807) is 44.2 Å². The molecule has 26 heteroatoms. The van der Waals surface area contributed by atoms with Gasteiger partial charge in [0, 0.05) is 105 Å². The minimum Gasteiger partial charge on any atom is -0.489 e. The number of pyridine rings is 3. The first-order valence-corrected chi connectivity index (χ1v) is 30.0. The lowest BCUT2D eigenvalue weighted by Crippen LogP contribution is -2.54. The van der Waals surface area contributed by atoms with Crippen LogP contribution in [-0.4, -0.2) is 158 Å². The highest BCUT2D eigenvalue weighted by molar-refractivity contribution is 5.98. The molecule has 1 aliphatic heterocycles. The SMILES string of the molecule is Cc1ccc(N2CCC[C@H](N(Cc3ccnc(C)c3)Cc3cn(C4CC4)c4cc(OCCN(C)C(=O)OCc5ccc(NC(=O)[C@H](CCCNC(N)=O)NC(=O)[C@@H](NC(=O)CCOCCOCCOCCN=NN)C(C)C)cc5)c(F)cc4c3=O)C2)cn1. The minimum absolute atomic E-state index is 0.0209. The van der Waals surface area contributed by atoms with Crippen molar-refractivity contribution in [3.8, 4) is 5.75 Å². The topological polar surface area (TPSA) is 314 Å². The maximum absolute atomic E-state index is 16.1. The highest BCUT2D eigenvalue weighted by atomic mass is 19.1. The molecule has 7 rings (SSSR count). The summed E-state index contributed by atoms with van der Waals surface area (Å²) in [5.41, 5.74) is 11.2. The number of aryl methyl sites for hydroxylation is 2. The summed E-state index contributed by atoms with van der Waals surface area (Å²) in [7, 11) is 1.53. The molecule has 1 saturated carbocycles. The van der Waals surface area contributed by atoms with Crippen LogP contribution in [-0.2, 0) is 53.0 Å². The van der Waals surface area contributed by atoms with E-state index in [0.717, 1.165) is 61.4 Å². The molecule has 2 aromatic carbocycles. The standard InChI is InChI=1S/C62H85FN14O11/c1-41(2)57(72-56(78)19-25-84-28-30-86-31-29-85-26-22-69-73-65)60(81)71-53(9-6-20-67-61(64)82)59(80)70-47-13-11-44(12-14-47)40-88-62(83)74(5)24-27-87-55-34-54-51(33-52(55)63)58(79)46(38-77(54)48-16-17-48)37-76(36-45-18-21-66-43(4)32-45)50-8-7-23-75(39-50)49-15-10-42(3)68-35-49/h10-15,18,21,32-35,38,41,48,50,53,57H,6-9,16-17,19-20,22-31,36-37,39-40H2,1-5H3,(H2,65,69)(H,70,80)(H,71,81)(H,72,78)(H3,64,67,82)/t50-,53-,57-/m0/s1. The zero-order valence-electron chi connectivity index (χ0n) is 51.0. The average Bonchev–Trinajstić information content (AvgIpc) is 1.81. The molecule has 3 atom stereocenters. The van der Waals surface area contributed by atoms with Gasteiger partial charge in [0.25, 0.3) is 0 Å². The number of rotatable bonds is 35. The molecule has 1 aliphatic carbocycles. The Labute approximate surface area is 512 Å². The quantitative estimate of drug-likeness (QED) is 0.0118. The van der Waals surface area contributed by atoms with Gasteiger partial charge in [-0.3, -0.25) is 34.0 Å². The van der Waals surface area contributed by atoms with Gasteiger partial charge in [-0.1, -0.05) is 31.2 Å². The summed E-state index contributed by atoms with van der Waals surface area (Å²) in [5, 5.41) is 17.8. The number of nitrogens with two attached hydrogens (primary N) is 2. The lowest BCUT2D eigenvalue weighted by Gasteiger charge is -2.40. The largest absolute Gasteiger partial charge is 0.489 e. The normalized spacial score (nSPS) is 14.9. The van der Waals surface area contributed by atoms with Crippen LogP contribution in [0.15, 0.2) is 94.4 Å². The van der Waals surface area contributed by atoms with Gasteiger partial charge in [0.1, 0.15) is 25.3 Å². The van der Waals surface area contributed by atoms with Crippen molar-refractivity contribution in [2.45, 2.75) is 117 Å². The van der Waals surface area contributed by atoms with Crippen LogP contribution in [0.1, 0.15) is 92.9 Å². The number of benzene rings is 2. The summed E-state index contributed by atoms with van der Waals surface area (Å²) in [5.74, 6) is 2.31. The number of ether oxygens (including phenoxy) is 5. The Morgan fingerprint density at radius 2 is 1.60 bits per heavy atom. The first kappa shape index (κ1) is 67.2. The summed E-state index contributed by atoms with van der Waals surface area (Å²) >= 11 is 0. The van der Waals surface area contributed by atoms with E-state index in [-0.39, 0.29) is 93.3 Å². The third-order valence-corrected chi connectivity index (χ3v) is 15.1. The molecule has 0 radical (unpaired) electrons. The molecule has 8 N–H and O–H groups in total. The predicted octanol–water partition coefficient (Wildman–Crippen LogP) is 5.98. The molecule has 476 valence electrons. The van der Waals surface area contributed by atoms with Gasteiger partial charge in [0.2, 0.25) is 17.7 Å². The number of anilines is 2. The van der Waals surface area contributed by atoms with Crippen LogP contribution in [0.25, 0.3) is 10.9 Å². The van der Waals surface area contributed by atoms with Gasteiger partial charge in [-0.15, -0.1) is 0 Å². The fourth-order valence-corrected chi connectivity index (χ4v) is 10.1. The molecule has 88 heavy (non-hydrogen) atoms. The number of fused-ring (bicyclic) bond motifs is 1. The molecular formula is C62H85FN14O11. The monoisotopic (exact) mass is 1220 g/mol. The molecule has 1 saturated heterocycles. The number of carbonyl (C=O) groups excluding carboxylic acids is 5. The van der Waals surface area contributed by atoms with Crippen LogP contribution in [0.4, 0.5) is 25.4 Å². The fourth-order valence-electron chi connectivity index (χ4n) is 10.1. The van der Waals surface area contributed by atoms with Gasteiger partial charge >= 0.3 is 12.1 Å². The van der Waals surface area contributed by atoms with Gasteiger partial charge in [0.15, 0.2) is 17.0 Å². The minimum atomic E-state index is -1.07. The third-order valence-electron chi connectivity index (χ3n) is 15.1. The van der Waals surface area contributed by atoms with Crippen molar-refractivity contribution < 1.29 is 52.0 Å². The second kappa shape index (κ2) is 34.3. The highest BCUT2D eigenvalue weighted by Crippen LogP contribution is 2.38. The number of nitrogens with zero attached hydrogens (tertiary/aromatic N) is 8. The van der Waals surface area contributed by atoms with Crippen molar-refractivity contribution in [2.24, 2.45) is 27.8 Å². The van der Waals surface area contributed by atoms with E-state index in [2.05, 4.69) is 68.1 Å². The number of primary amides is 1. The summed E-state index contributed by atoms with van der Waals surface area (Å²) in [6.45, 7) is 12.2. The van der Waals surface area contributed by atoms with E-state index >= 15 is 4.39 Å². The number of nitrogens with one attached hydrogen (secondary N) is 4. The zero-order valence-corrected chi connectivity index (χ0v) is 51.0. The van der Waals surface area contributed by atoms with Crippen LogP contribution >= 0.6 is 0 Å². The molecule has 2 fully saturated rings. The molecule has 3 aromatic heterocycles. The second-order valence-electron chi connectivity index (χ2n) is 22.4. The Morgan fingerprint density at radius 1 is 0.852 bits per heavy atom. The Bertz CT molecular complexity index is 3190. The maximum atomic E-state index is 16.1. The zero-order chi connectivity index (χ0) is 63.0. The number of halogens is 1. The van der Waals surface area contributed by atoms with Crippen LogP contribution in [0.2, 0.25) is 0 Å². The predicted molar refractivity (Wildman–Crippen MR) is 329 cm³/mol. The van der Waals surface area contributed by atoms with Gasteiger partial charge in [-0.05, 0) is 112 Å². The molecule has 4 heterocycles. The van der Waals surface area contributed by atoms with Crippen molar-refractivity contribution in [1.82, 2.24) is 40.3 Å². The smallest absolute Gasteiger partial charge is 0.409 e. The van der Waals surface area contributed by atoms with Gasteiger partial charge < -0.3 is 70.9 Å². The van der Waals surface area contributed by atoms with E-state index in [4.69, 9.17) is 35.3 Å². The van der Waals surface area contributed by atoms with E-state index in [0.29, 0.717) is 68.4 Å². The number of aromatic nitrogens is 3. The molecule has 0 bridgehead atoms. The molecule has 25 nitrogen and oxygen atoms in total. The van der Waals surface area contributed by atoms with E-state index in [1.807, 2.05) is 44.6 Å². The number of piperidine rings is 1. The molecule has 0 unspecified atom stereocenters. The number of hydrogen-bond donors (Lipinski definition) is 6. The Morgan fingerprint density at radius 3 is 2.30 bits per heavy atom. The average molecular weight is 1220 g/mol. The molecule has 2 aliphatic rings. The Hall–Kier alpha value is -8.33. The van der Waals surface area contributed by atoms with Crippen LogP contribution in [0.5, 0.6) is 5.75 Å². The number of urea groups is 1. The molecular weight excluding hydrogens is 1140 g/mol. The van der Waals surface area contributed by atoms with Crippen LogP contribution in [0.3, 0.4) is 0 Å². The molecule has 5 aromatic rings. The first-order chi connectivity index (χ1) is 42.5. The van der Waals surface area contributed by atoms with Crippen LogP contribution in [0, 0.1) is 25.6 Å². The maximum Gasteiger partial charge on any atom is 0.409 e. The first-order valence-electron chi connectivity index (χ1n) is 30.0. The van der Waals surface area contributed by atoms with Crippen molar-refractivity contribution in [3.63, 3.8) is 0 Å². The van der Waals surface area contributed by atoms with Gasteiger partial charge in [0.05, 0.1) is 70.1 Å². The lowest BCUT2D eigenvalue weighted by atomic mass is 10.0. The lowest BCUT2D eigenvalue weighted by molar-refractivity contribution is -0.132. The summed E-state index contributed by atoms with van der Waals surface area (Å²) in [6, 6.07) is 15.1. The van der Waals surface area contributed by atoms with E-state index in [9.17, 15) is 28.8 Å². The number of carbonyl (C=O) groups is 5. The van der Waals surface area contributed by atoms with E-state index in [1.165, 1.54) is 18.0 Å². The molecule has 0 spiro atoms. The number of amides is 6.